The first-order valence-corrected chi connectivity index (χ1v) is 11.6. The molecule has 3 aromatic heterocycles. The Balaban J connectivity index is 0.00000289. The van der Waals surface area contributed by atoms with E-state index >= 15 is 0 Å². The molecule has 0 unspecified atom stereocenters. The number of benzene rings is 1. The standard InChI is InChI=1S/C26H30N4O4.ClH/c1-26(2,3)25-7-4-18-14-22(27-17-30(18)25)24-16-21(28-31)20-15-19(5-6-23(20)34-24)33-13-10-29-8-11-32-12-9-29;/h4-7,14-17,31H,8-13H2,1-3H3;1H. The summed E-state index contributed by atoms with van der Waals surface area (Å²) in [5, 5.41) is 14.3. The molecule has 0 aliphatic carbocycles. The second-order valence-electron chi connectivity index (χ2n) is 9.59. The van der Waals surface area contributed by atoms with Gasteiger partial charge in [0, 0.05) is 42.3 Å². The Morgan fingerprint density at radius 1 is 1.09 bits per heavy atom. The van der Waals surface area contributed by atoms with Crippen LogP contribution < -0.4 is 10.1 Å². The van der Waals surface area contributed by atoms with Crippen LogP contribution in [0.5, 0.6) is 5.75 Å². The largest absolute Gasteiger partial charge is 0.492 e. The van der Waals surface area contributed by atoms with Crippen LogP contribution in [0.1, 0.15) is 26.5 Å². The second-order valence-corrected chi connectivity index (χ2v) is 9.59. The number of hydrogen-bond donors (Lipinski definition) is 1. The molecule has 0 spiro atoms. The van der Waals surface area contributed by atoms with Gasteiger partial charge >= 0.3 is 0 Å². The van der Waals surface area contributed by atoms with Crippen LogP contribution in [-0.4, -0.2) is 58.9 Å². The Bertz CT molecular complexity index is 1380. The molecule has 1 N–H and O–H groups in total. The Morgan fingerprint density at radius 2 is 1.89 bits per heavy atom. The molecular formula is C26H31ClN4O4. The summed E-state index contributed by atoms with van der Waals surface area (Å²) in [7, 11) is 0. The zero-order valence-electron chi connectivity index (χ0n) is 20.2. The van der Waals surface area contributed by atoms with E-state index in [1.54, 1.807) is 6.07 Å². The van der Waals surface area contributed by atoms with E-state index in [4.69, 9.17) is 13.9 Å². The van der Waals surface area contributed by atoms with E-state index in [2.05, 4.69) is 52.3 Å². The molecule has 9 heteroatoms. The Hall–Kier alpha value is -3.07. The minimum atomic E-state index is 0. The van der Waals surface area contributed by atoms with E-state index in [1.165, 1.54) is 5.69 Å². The van der Waals surface area contributed by atoms with Crippen molar-refractivity contribution in [3.8, 4) is 17.2 Å². The molecule has 8 nitrogen and oxygen atoms in total. The van der Waals surface area contributed by atoms with Crippen molar-refractivity contribution in [1.82, 2.24) is 14.3 Å². The van der Waals surface area contributed by atoms with E-state index in [-0.39, 0.29) is 17.8 Å². The van der Waals surface area contributed by atoms with E-state index in [1.807, 2.05) is 30.6 Å². The number of rotatable bonds is 5. The summed E-state index contributed by atoms with van der Waals surface area (Å²) in [6.45, 7) is 11.3. The lowest BCUT2D eigenvalue weighted by molar-refractivity contribution is 0.0322. The fourth-order valence-corrected chi connectivity index (χ4v) is 4.32. The summed E-state index contributed by atoms with van der Waals surface area (Å²) in [6, 6.07) is 13.4. The average molecular weight is 499 g/mol. The SMILES string of the molecule is CC(C)(C)c1ccc2cc(-c3cc(=NO)c4cc(OCCN5CCOCC5)ccc4o3)ncn12.Cl. The van der Waals surface area contributed by atoms with Crippen molar-refractivity contribution in [2.45, 2.75) is 26.2 Å². The lowest BCUT2D eigenvalue weighted by Crippen LogP contribution is -2.38. The Labute approximate surface area is 210 Å². The zero-order valence-corrected chi connectivity index (χ0v) is 21.0. The number of aromatic nitrogens is 2. The normalized spacial score (nSPS) is 15.5. The van der Waals surface area contributed by atoms with E-state index in [0.29, 0.717) is 40.1 Å². The minimum absolute atomic E-state index is 0. The molecule has 35 heavy (non-hydrogen) atoms. The molecule has 1 aliphatic heterocycles. The van der Waals surface area contributed by atoms with Crippen LogP contribution in [0, 0.1) is 0 Å². The monoisotopic (exact) mass is 498 g/mol. The third-order valence-electron chi connectivity index (χ3n) is 6.17. The van der Waals surface area contributed by atoms with Gasteiger partial charge < -0.3 is 23.5 Å². The first-order valence-electron chi connectivity index (χ1n) is 11.6. The topological polar surface area (TPSA) is 84.7 Å². The van der Waals surface area contributed by atoms with Crippen LogP contribution >= 0.6 is 12.4 Å². The van der Waals surface area contributed by atoms with Gasteiger partial charge in [0.2, 0.25) is 0 Å². The van der Waals surface area contributed by atoms with Gasteiger partial charge in [0.1, 0.15) is 35.3 Å². The van der Waals surface area contributed by atoms with Crippen molar-refractivity contribution >= 4 is 28.9 Å². The number of hydrogen-bond acceptors (Lipinski definition) is 7. The lowest BCUT2D eigenvalue weighted by atomic mass is 9.92. The molecule has 0 radical (unpaired) electrons. The molecule has 4 aromatic rings. The van der Waals surface area contributed by atoms with Gasteiger partial charge in [0.25, 0.3) is 0 Å². The number of halogens is 1. The van der Waals surface area contributed by atoms with Gasteiger partial charge in [-0.05, 0) is 36.4 Å². The highest BCUT2D eigenvalue weighted by Crippen LogP contribution is 2.28. The molecule has 0 bridgehead atoms. The van der Waals surface area contributed by atoms with Crippen LogP contribution in [0.3, 0.4) is 0 Å². The first-order chi connectivity index (χ1) is 16.4. The summed E-state index contributed by atoms with van der Waals surface area (Å²) in [5.74, 6) is 1.23. The highest BCUT2D eigenvalue weighted by Gasteiger charge is 2.18. The molecule has 1 saturated heterocycles. The fraction of sp³-hybridized carbons (Fsp3) is 0.385. The van der Waals surface area contributed by atoms with Gasteiger partial charge in [-0.15, -0.1) is 12.4 Å². The number of fused-ring (bicyclic) bond motifs is 2. The molecule has 1 fully saturated rings. The maximum absolute atomic E-state index is 9.71. The summed E-state index contributed by atoms with van der Waals surface area (Å²) < 4.78 is 19.6. The molecule has 1 aliphatic rings. The summed E-state index contributed by atoms with van der Waals surface area (Å²) in [5.41, 5.74) is 3.48. The third-order valence-corrected chi connectivity index (χ3v) is 6.17. The van der Waals surface area contributed by atoms with Crippen molar-refractivity contribution in [3.63, 3.8) is 0 Å². The summed E-state index contributed by atoms with van der Waals surface area (Å²) in [6.07, 6.45) is 1.81. The van der Waals surface area contributed by atoms with Crippen LogP contribution in [0.4, 0.5) is 0 Å². The molecule has 4 heterocycles. The van der Waals surface area contributed by atoms with Gasteiger partial charge in [0.05, 0.1) is 18.6 Å². The minimum Gasteiger partial charge on any atom is -0.492 e. The van der Waals surface area contributed by atoms with Crippen molar-refractivity contribution in [2.24, 2.45) is 5.16 Å². The highest BCUT2D eigenvalue weighted by molar-refractivity contribution is 5.85. The quantitative estimate of drug-likeness (QED) is 0.323. The van der Waals surface area contributed by atoms with Crippen molar-refractivity contribution < 1.29 is 19.1 Å². The predicted molar refractivity (Wildman–Crippen MR) is 136 cm³/mol. The number of nitrogens with zero attached hydrogens (tertiary/aromatic N) is 4. The molecule has 5 rings (SSSR count). The highest BCUT2D eigenvalue weighted by atomic mass is 35.5. The summed E-state index contributed by atoms with van der Waals surface area (Å²) in [4.78, 5) is 6.94. The molecule has 186 valence electrons. The molecule has 0 saturated carbocycles. The van der Waals surface area contributed by atoms with Crippen LogP contribution in [-0.2, 0) is 10.2 Å². The van der Waals surface area contributed by atoms with Crippen LogP contribution in [0.15, 0.2) is 58.4 Å². The molecule has 0 amide bonds. The first kappa shape index (κ1) is 25.0. The van der Waals surface area contributed by atoms with E-state index < -0.39 is 0 Å². The number of morpholine rings is 1. The van der Waals surface area contributed by atoms with Gasteiger partial charge in [-0.1, -0.05) is 25.9 Å². The van der Waals surface area contributed by atoms with Crippen molar-refractivity contribution in [2.75, 3.05) is 39.5 Å². The summed E-state index contributed by atoms with van der Waals surface area (Å²) >= 11 is 0. The van der Waals surface area contributed by atoms with Crippen LogP contribution in [0.25, 0.3) is 27.9 Å². The molecular weight excluding hydrogens is 468 g/mol. The van der Waals surface area contributed by atoms with E-state index in [9.17, 15) is 5.21 Å². The van der Waals surface area contributed by atoms with Gasteiger partial charge in [-0.3, -0.25) is 4.90 Å². The van der Waals surface area contributed by atoms with Gasteiger partial charge in [0.15, 0.2) is 5.76 Å². The van der Waals surface area contributed by atoms with Crippen LogP contribution in [0.2, 0.25) is 0 Å². The van der Waals surface area contributed by atoms with E-state index in [0.717, 1.165) is 38.4 Å². The van der Waals surface area contributed by atoms with Gasteiger partial charge in [-0.25, -0.2) is 4.98 Å². The maximum atomic E-state index is 9.71. The van der Waals surface area contributed by atoms with Gasteiger partial charge in [-0.2, -0.15) is 0 Å². The van der Waals surface area contributed by atoms with Crippen molar-refractivity contribution in [1.29, 1.82) is 0 Å². The molecule has 1 aromatic carbocycles. The van der Waals surface area contributed by atoms with Crippen molar-refractivity contribution in [3.05, 3.63) is 59.8 Å². The third kappa shape index (κ3) is 5.29. The zero-order chi connectivity index (χ0) is 23.7. The fourth-order valence-electron chi connectivity index (χ4n) is 4.32. The lowest BCUT2D eigenvalue weighted by Gasteiger charge is -2.26. The maximum Gasteiger partial charge on any atom is 0.155 e. The molecule has 0 atom stereocenters. The number of ether oxygens (including phenoxy) is 2. The predicted octanol–water partition coefficient (Wildman–Crippen LogP) is 4.47. The average Bonchev–Trinajstić information content (AvgIpc) is 3.28. The second kappa shape index (κ2) is 10.3. The Morgan fingerprint density at radius 3 is 2.63 bits per heavy atom. The smallest absolute Gasteiger partial charge is 0.155 e. The Kier molecular flexibility index (Phi) is 7.35.